The molecule has 0 aromatic heterocycles. The van der Waals surface area contributed by atoms with Crippen molar-refractivity contribution < 1.29 is 14.6 Å². The lowest BCUT2D eigenvalue weighted by Crippen LogP contribution is -2.41. The summed E-state index contributed by atoms with van der Waals surface area (Å²) >= 11 is 0. The maximum absolute atomic E-state index is 11.7. The van der Waals surface area contributed by atoms with Gasteiger partial charge in [0, 0.05) is 12.6 Å². The molecule has 88 valence electrons. The third-order valence-corrected chi connectivity index (χ3v) is 3.08. The molecule has 1 rings (SSSR count). The van der Waals surface area contributed by atoms with Crippen molar-refractivity contribution in [2.24, 2.45) is 11.8 Å². The van der Waals surface area contributed by atoms with Gasteiger partial charge in [-0.3, -0.25) is 4.79 Å². The Labute approximate surface area is 91.0 Å². The monoisotopic (exact) mass is 215 g/mol. The van der Waals surface area contributed by atoms with E-state index in [1.807, 2.05) is 20.8 Å². The maximum atomic E-state index is 11.7. The molecular weight excluding hydrogens is 194 g/mol. The predicted octanol–water partition coefficient (Wildman–Crippen LogP) is 0.544. The smallest absolute Gasteiger partial charge is 0.225 e. The Morgan fingerprint density at radius 1 is 1.60 bits per heavy atom. The van der Waals surface area contributed by atoms with E-state index in [1.54, 1.807) is 0 Å². The number of aliphatic hydroxyl groups is 1. The third-order valence-electron chi connectivity index (χ3n) is 3.08. The molecule has 0 bridgehead atoms. The minimum atomic E-state index is -0.0201. The molecule has 2 N–H and O–H groups in total. The summed E-state index contributed by atoms with van der Waals surface area (Å²) in [5, 5.41) is 11.9. The van der Waals surface area contributed by atoms with Crippen molar-refractivity contribution in [3.63, 3.8) is 0 Å². The maximum Gasteiger partial charge on any atom is 0.225 e. The van der Waals surface area contributed by atoms with Crippen LogP contribution in [0.15, 0.2) is 0 Å². The summed E-state index contributed by atoms with van der Waals surface area (Å²) in [6.45, 7) is 6.43. The molecule has 0 aromatic carbocycles. The van der Waals surface area contributed by atoms with Gasteiger partial charge in [-0.2, -0.15) is 0 Å². The summed E-state index contributed by atoms with van der Waals surface area (Å²) < 4.78 is 5.34. The quantitative estimate of drug-likeness (QED) is 0.720. The van der Waals surface area contributed by atoms with Crippen LogP contribution in [0.1, 0.15) is 27.2 Å². The second kappa shape index (κ2) is 5.47. The van der Waals surface area contributed by atoms with Crippen LogP contribution in [0.2, 0.25) is 0 Å². The molecule has 1 amide bonds. The average Bonchev–Trinajstić information content (AvgIpc) is 2.63. The number of carbonyl (C=O) groups is 1. The van der Waals surface area contributed by atoms with Gasteiger partial charge in [0.05, 0.1) is 18.6 Å². The Hall–Kier alpha value is -0.610. The zero-order valence-corrected chi connectivity index (χ0v) is 9.69. The van der Waals surface area contributed by atoms with Gasteiger partial charge in [-0.1, -0.05) is 6.92 Å². The van der Waals surface area contributed by atoms with E-state index in [9.17, 15) is 4.79 Å². The number of nitrogens with one attached hydrogen (secondary N) is 1. The summed E-state index contributed by atoms with van der Waals surface area (Å²) in [5.41, 5.74) is 0. The lowest BCUT2D eigenvalue weighted by Gasteiger charge is -2.20. The van der Waals surface area contributed by atoms with Crippen molar-refractivity contribution in [2.45, 2.75) is 39.3 Å². The Morgan fingerprint density at radius 2 is 2.27 bits per heavy atom. The molecule has 0 saturated carbocycles. The molecule has 4 atom stereocenters. The first-order valence-corrected chi connectivity index (χ1v) is 5.57. The number of amides is 1. The molecule has 1 fully saturated rings. The second-order valence-corrected chi connectivity index (χ2v) is 4.53. The Morgan fingerprint density at radius 3 is 2.73 bits per heavy atom. The average molecular weight is 215 g/mol. The minimum absolute atomic E-state index is 0.0124. The van der Waals surface area contributed by atoms with Crippen molar-refractivity contribution in [3.05, 3.63) is 0 Å². The summed E-state index contributed by atoms with van der Waals surface area (Å²) in [7, 11) is 0. The van der Waals surface area contributed by atoms with E-state index in [4.69, 9.17) is 9.84 Å². The van der Waals surface area contributed by atoms with Gasteiger partial charge in [0.2, 0.25) is 5.91 Å². The van der Waals surface area contributed by atoms with Crippen LogP contribution >= 0.6 is 0 Å². The highest BCUT2D eigenvalue weighted by Crippen LogP contribution is 2.19. The normalized spacial score (nSPS) is 29.9. The number of ether oxygens (including phenoxy) is 1. The fourth-order valence-corrected chi connectivity index (χ4v) is 1.64. The molecule has 4 unspecified atom stereocenters. The molecule has 4 nitrogen and oxygen atoms in total. The van der Waals surface area contributed by atoms with Crippen LogP contribution in [-0.2, 0) is 9.53 Å². The van der Waals surface area contributed by atoms with Gasteiger partial charge in [0.25, 0.3) is 0 Å². The van der Waals surface area contributed by atoms with Crippen LogP contribution in [0.25, 0.3) is 0 Å². The summed E-state index contributed by atoms with van der Waals surface area (Å²) in [6, 6.07) is 0.0124. The molecular formula is C11H21NO3. The number of carbonyl (C=O) groups excluding carboxylic acids is 1. The van der Waals surface area contributed by atoms with Crippen LogP contribution in [0, 0.1) is 11.8 Å². The Balaban J connectivity index is 2.35. The third kappa shape index (κ3) is 3.47. The number of aliphatic hydroxyl groups excluding tert-OH is 1. The van der Waals surface area contributed by atoms with Gasteiger partial charge >= 0.3 is 0 Å². The van der Waals surface area contributed by atoms with Crippen LogP contribution in [0.5, 0.6) is 0 Å². The summed E-state index contributed by atoms with van der Waals surface area (Å²) in [6.07, 6.45) is 0.984. The van der Waals surface area contributed by atoms with Gasteiger partial charge in [-0.05, 0) is 26.2 Å². The highest BCUT2D eigenvalue weighted by Gasteiger charge is 2.29. The van der Waals surface area contributed by atoms with E-state index >= 15 is 0 Å². The molecule has 4 heteroatoms. The van der Waals surface area contributed by atoms with Gasteiger partial charge in [0.1, 0.15) is 0 Å². The first-order valence-electron chi connectivity index (χ1n) is 5.57. The zero-order valence-electron chi connectivity index (χ0n) is 9.69. The second-order valence-electron chi connectivity index (χ2n) is 4.53. The molecule has 0 spiro atoms. The van der Waals surface area contributed by atoms with Crippen molar-refractivity contribution in [3.8, 4) is 0 Å². The summed E-state index contributed by atoms with van der Waals surface area (Å²) in [4.78, 5) is 11.7. The van der Waals surface area contributed by atoms with E-state index in [1.165, 1.54) is 0 Å². The molecule has 0 aliphatic carbocycles. The van der Waals surface area contributed by atoms with Crippen LogP contribution in [0.3, 0.4) is 0 Å². The fourth-order valence-electron chi connectivity index (χ4n) is 1.64. The van der Waals surface area contributed by atoms with E-state index in [-0.39, 0.29) is 36.5 Å². The van der Waals surface area contributed by atoms with Gasteiger partial charge < -0.3 is 15.2 Å². The zero-order chi connectivity index (χ0) is 11.4. The van der Waals surface area contributed by atoms with E-state index in [2.05, 4.69) is 5.32 Å². The van der Waals surface area contributed by atoms with Crippen molar-refractivity contribution in [1.82, 2.24) is 5.32 Å². The van der Waals surface area contributed by atoms with Crippen molar-refractivity contribution >= 4 is 5.91 Å². The minimum Gasteiger partial charge on any atom is -0.396 e. The van der Waals surface area contributed by atoms with Crippen LogP contribution < -0.4 is 5.32 Å². The standard InChI is InChI=1S/C11H21NO3/c1-7(5-13)9(3)12-11(14)10-4-8(2)15-6-10/h7-10,13H,4-6H2,1-3H3,(H,12,14). The van der Waals surface area contributed by atoms with Crippen molar-refractivity contribution in [1.29, 1.82) is 0 Å². The molecule has 1 saturated heterocycles. The Kier molecular flexibility index (Phi) is 4.54. The predicted molar refractivity (Wildman–Crippen MR) is 57.4 cm³/mol. The number of hydrogen-bond donors (Lipinski definition) is 2. The molecule has 15 heavy (non-hydrogen) atoms. The van der Waals surface area contributed by atoms with E-state index < -0.39 is 0 Å². The summed E-state index contributed by atoms with van der Waals surface area (Å²) in [5.74, 6) is 0.120. The molecule has 0 aromatic rings. The van der Waals surface area contributed by atoms with Gasteiger partial charge in [0.15, 0.2) is 0 Å². The van der Waals surface area contributed by atoms with Gasteiger partial charge in [-0.15, -0.1) is 0 Å². The fraction of sp³-hybridized carbons (Fsp3) is 0.909. The lowest BCUT2D eigenvalue weighted by atomic mass is 10.0. The molecule has 1 heterocycles. The van der Waals surface area contributed by atoms with Crippen molar-refractivity contribution in [2.75, 3.05) is 13.2 Å². The molecule has 1 aliphatic heterocycles. The first kappa shape index (κ1) is 12.5. The van der Waals surface area contributed by atoms with Crippen LogP contribution in [0.4, 0.5) is 0 Å². The Bertz CT molecular complexity index is 220. The van der Waals surface area contributed by atoms with E-state index in [0.717, 1.165) is 6.42 Å². The topological polar surface area (TPSA) is 58.6 Å². The van der Waals surface area contributed by atoms with Crippen LogP contribution in [-0.4, -0.2) is 36.4 Å². The highest BCUT2D eigenvalue weighted by atomic mass is 16.5. The molecule has 0 radical (unpaired) electrons. The number of rotatable bonds is 4. The van der Waals surface area contributed by atoms with E-state index in [0.29, 0.717) is 6.61 Å². The first-order chi connectivity index (χ1) is 7.04. The number of hydrogen-bond acceptors (Lipinski definition) is 3. The SMILES string of the molecule is CC1CC(C(=O)NC(C)C(C)CO)CO1. The largest absolute Gasteiger partial charge is 0.396 e. The van der Waals surface area contributed by atoms with Gasteiger partial charge in [-0.25, -0.2) is 0 Å². The highest BCUT2D eigenvalue weighted by molar-refractivity contribution is 5.79. The molecule has 1 aliphatic rings. The lowest BCUT2D eigenvalue weighted by molar-refractivity contribution is -0.126.